The lowest BCUT2D eigenvalue weighted by atomic mass is 9.93. The van der Waals surface area contributed by atoms with Gasteiger partial charge in [0.15, 0.2) is 0 Å². The van der Waals surface area contributed by atoms with E-state index in [0.29, 0.717) is 19.4 Å². The van der Waals surface area contributed by atoms with Crippen LogP contribution >= 0.6 is 0 Å². The lowest BCUT2D eigenvalue weighted by Gasteiger charge is -2.38. The molecule has 1 aromatic rings. The van der Waals surface area contributed by atoms with Crippen molar-refractivity contribution in [1.82, 2.24) is 4.90 Å². The van der Waals surface area contributed by atoms with E-state index in [4.69, 9.17) is 4.74 Å². The Morgan fingerprint density at radius 2 is 2.04 bits per heavy atom. The number of aliphatic hydroxyl groups is 1. The maximum absolute atomic E-state index is 13.8. The van der Waals surface area contributed by atoms with Gasteiger partial charge in [-0.15, -0.1) is 0 Å². The zero-order valence-electron chi connectivity index (χ0n) is 14.0. The number of piperidine rings is 1. The molecule has 1 amide bonds. The molecule has 0 unspecified atom stereocenters. The molecule has 4 nitrogen and oxygen atoms in total. The summed E-state index contributed by atoms with van der Waals surface area (Å²) in [6, 6.07) is 8.88. The molecule has 1 aliphatic rings. The zero-order valence-corrected chi connectivity index (χ0v) is 14.0. The molecule has 1 fully saturated rings. The van der Waals surface area contributed by atoms with E-state index < -0.39 is 24.0 Å². The molecule has 0 aromatic heterocycles. The Morgan fingerprint density at radius 3 is 2.65 bits per heavy atom. The molecular formula is C18H26FNO3. The van der Waals surface area contributed by atoms with E-state index in [1.54, 1.807) is 25.7 Å². The number of rotatable bonds is 3. The van der Waals surface area contributed by atoms with Gasteiger partial charge in [-0.2, -0.15) is 0 Å². The predicted octanol–water partition coefficient (Wildman–Crippen LogP) is 3.85. The average Bonchev–Trinajstić information content (AvgIpc) is 2.46. The van der Waals surface area contributed by atoms with E-state index in [0.717, 1.165) is 5.56 Å². The Labute approximate surface area is 137 Å². The number of nitrogens with zero attached hydrogens (tertiary/aromatic N) is 1. The minimum Gasteiger partial charge on any atom is -0.444 e. The number of ether oxygens (including phenoxy) is 1. The van der Waals surface area contributed by atoms with Crippen molar-refractivity contribution >= 4 is 6.09 Å². The number of likely N-dealkylation sites (tertiary alicyclic amines) is 1. The van der Waals surface area contributed by atoms with Crippen molar-refractivity contribution in [1.29, 1.82) is 0 Å². The fourth-order valence-electron chi connectivity index (χ4n) is 2.86. The lowest BCUT2D eigenvalue weighted by molar-refractivity contribution is -0.00666. The van der Waals surface area contributed by atoms with Crippen LogP contribution in [-0.2, 0) is 4.74 Å². The molecule has 0 aliphatic carbocycles. The number of alkyl halides is 1. The van der Waals surface area contributed by atoms with Crippen molar-refractivity contribution in [3.63, 3.8) is 0 Å². The Morgan fingerprint density at radius 1 is 1.39 bits per heavy atom. The molecule has 1 aliphatic heterocycles. The van der Waals surface area contributed by atoms with Crippen LogP contribution in [0.25, 0.3) is 0 Å². The molecule has 1 heterocycles. The van der Waals surface area contributed by atoms with E-state index in [1.165, 1.54) is 0 Å². The van der Waals surface area contributed by atoms with Crippen molar-refractivity contribution in [3.8, 4) is 0 Å². The molecule has 2 rings (SSSR count). The first-order valence-corrected chi connectivity index (χ1v) is 8.13. The first-order chi connectivity index (χ1) is 10.8. The third-order valence-electron chi connectivity index (χ3n) is 3.96. The summed E-state index contributed by atoms with van der Waals surface area (Å²) in [5.41, 5.74) is 0.185. The summed E-state index contributed by atoms with van der Waals surface area (Å²) in [7, 11) is 0. The van der Waals surface area contributed by atoms with Gasteiger partial charge in [0.05, 0.1) is 6.10 Å². The van der Waals surface area contributed by atoms with Crippen LogP contribution in [0.5, 0.6) is 0 Å². The van der Waals surface area contributed by atoms with Crippen LogP contribution in [0.3, 0.4) is 0 Å². The Kier molecular flexibility index (Phi) is 5.63. The fourth-order valence-corrected chi connectivity index (χ4v) is 2.86. The molecule has 0 saturated carbocycles. The number of benzene rings is 1. The summed E-state index contributed by atoms with van der Waals surface area (Å²) in [6.45, 7) is 5.74. The zero-order chi connectivity index (χ0) is 17.0. The minimum atomic E-state index is -0.943. The van der Waals surface area contributed by atoms with Crippen LogP contribution < -0.4 is 0 Å². The van der Waals surface area contributed by atoms with Gasteiger partial charge in [-0.1, -0.05) is 30.3 Å². The third kappa shape index (κ3) is 5.20. The average molecular weight is 323 g/mol. The smallest absolute Gasteiger partial charge is 0.410 e. The Balaban J connectivity index is 2.07. The normalized spacial score (nSPS) is 23.4. The molecule has 1 N–H and O–H groups in total. The molecule has 1 aromatic carbocycles. The molecule has 5 heteroatoms. The Hall–Kier alpha value is -1.62. The number of hydrogen-bond donors (Lipinski definition) is 1. The van der Waals surface area contributed by atoms with Crippen LogP contribution in [0.2, 0.25) is 0 Å². The molecule has 0 bridgehead atoms. The van der Waals surface area contributed by atoms with Crippen molar-refractivity contribution in [2.75, 3.05) is 6.54 Å². The predicted molar refractivity (Wildman–Crippen MR) is 86.9 cm³/mol. The molecule has 1 saturated heterocycles. The topological polar surface area (TPSA) is 49.8 Å². The molecular weight excluding hydrogens is 297 g/mol. The number of halogens is 1. The fraction of sp³-hybridized carbons (Fsp3) is 0.611. The summed E-state index contributed by atoms with van der Waals surface area (Å²) in [6.07, 6.45) is -1.24. The quantitative estimate of drug-likeness (QED) is 0.919. The van der Waals surface area contributed by atoms with Crippen molar-refractivity contribution in [2.45, 2.75) is 64.0 Å². The summed E-state index contributed by atoms with van der Waals surface area (Å²) in [5, 5.41) is 10.4. The van der Waals surface area contributed by atoms with Gasteiger partial charge in [0.1, 0.15) is 11.8 Å². The first kappa shape index (κ1) is 17.7. The van der Waals surface area contributed by atoms with E-state index >= 15 is 0 Å². The van der Waals surface area contributed by atoms with Crippen LogP contribution in [0.4, 0.5) is 9.18 Å². The summed E-state index contributed by atoms with van der Waals surface area (Å²) in [5.74, 6) is 0. The molecule has 0 radical (unpaired) electrons. The van der Waals surface area contributed by atoms with E-state index in [-0.39, 0.29) is 12.5 Å². The number of carbonyl (C=O) groups is 1. The lowest BCUT2D eigenvalue weighted by Crippen LogP contribution is -2.49. The SMILES string of the molecule is CC(C)(C)OC(=O)N1CC[C@H](F)C[C@@H]1C[C@@H](O)c1ccccc1. The van der Waals surface area contributed by atoms with Gasteiger partial charge in [-0.3, -0.25) is 0 Å². The van der Waals surface area contributed by atoms with Crippen LogP contribution in [-0.4, -0.2) is 40.5 Å². The maximum atomic E-state index is 13.8. The Bertz CT molecular complexity index is 515. The summed E-state index contributed by atoms with van der Waals surface area (Å²) in [4.78, 5) is 13.9. The first-order valence-electron chi connectivity index (χ1n) is 8.13. The molecule has 23 heavy (non-hydrogen) atoms. The van der Waals surface area contributed by atoms with E-state index in [1.807, 2.05) is 30.3 Å². The number of aliphatic hydroxyl groups excluding tert-OH is 1. The highest BCUT2D eigenvalue weighted by Gasteiger charge is 2.35. The molecule has 0 spiro atoms. The monoisotopic (exact) mass is 323 g/mol. The molecule has 128 valence electrons. The van der Waals surface area contributed by atoms with Crippen LogP contribution in [0.1, 0.15) is 51.7 Å². The van der Waals surface area contributed by atoms with E-state index in [2.05, 4.69) is 0 Å². The van der Waals surface area contributed by atoms with E-state index in [9.17, 15) is 14.3 Å². The van der Waals surface area contributed by atoms with Crippen molar-refractivity contribution < 1.29 is 19.0 Å². The van der Waals surface area contributed by atoms with Gasteiger partial charge in [-0.25, -0.2) is 9.18 Å². The standard InChI is InChI=1S/C18H26FNO3/c1-18(2,3)23-17(22)20-10-9-14(19)11-15(20)12-16(21)13-7-5-4-6-8-13/h4-8,14-16,21H,9-12H2,1-3H3/t14-,15+,16+/m0/s1. The highest BCUT2D eigenvalue weighted by molar-refractivity contribution is 5.68. The van der Waals surface area contributed by atoms with Gasteiger partial charge in [-0.05, 0) is 45.6 Å². The highest BCUT2D eigenvalue weighted by Crippen LogP contribution is 2.29. The number of hydrogen-bond acceptors (Lipinski definition) is 3. The van der Waals surface area contributed by atoms with Gasteiger partial charge in [0.2, 0.25) is 0 Å². The maximum Gasteiger partial charge on any atom is 0.410 e. The highest BCUT2D eigenvalue weighted by atomic mass is 19.1. The van der Waals surface area contributed by atoms with Crippen molar-refractivity contribution in [2.24, 2.45) is 0 Å². The minimum absolute atomic E-state index is 0.239. The second-order valence-electron chi connectivity index (χ2n) is 7.11. The largest absolute Gasteiger partial charge is 0.444 e. The second kappa shape index (κ2) is 7.30. The van der Waals surface area contributed by atoms with Gasteiger partial charge in [0, 0.05) is 12.6 Å². The number of amides is 1. The number of carbonyl (C=O) groups excluding carboxylic acids is 1. The summed E-state index contributed by atoms with van der Waals surface area (Å²) >= 11 is 0. The van der Waals surface area contributed by atoms with Gasteiger partial charge >= 0.3 is 6.09 Å². The molecule has 3 atom stereocenters. The van der Waals surface area contributed by atoms with Crippen molar-refractivity contribution in [3.05, 3.63) is 35.9 Å². The van der Waals surface area contributed by atoms with Crippen LogP contribution in [0.15, 0.2) is 30.3 Å². The van der Waals surface area contributed by atoms with Gasteiger partial charge in [0.25, 0.3) is 0 Å². The summed E-state index contributed by atoms with van der Waals surface area (Å²) < 4.78 is 19.2. The van der Waals surface area contributed by atoms with Gasteiger partial charge < -0.3 is 14.7 Å². The second-order valence-corrected chi connectivity index (χ2v) is 7.11. The van der Waals surface area contributed by atoms with Crippen LogP contribution in [0, 0.1) is 0 Å². The third-order valence-corrected chi connectivity index (χ3v) is 3.96.